The molecule has 3 rings (SSSR count). The Balaban J connectivity index is 0.00000280. The summed E-state index contributed by atoms with van der Waals surface area (Å²) < 4.78 is 26.2. The number of phenolic OH excluding ortho intramolecular Hbond substituents is 1. The largest absolute Gasteiger partial charge is 0.507 e. The number of unbranched alkanes of at least 4 members (excludes halogenated alkanes) is 1. The van der Waals surface area contributed by atoms with Crippen LogP contribution < -0.4 is 4.90 Å². The van der Waals surface area contributed by atoms with Crippen LogP contribution in [0.2, 0.25) is 0 Å². The van der Waals surface area contributed by atoms with Gasteiger partial charge >= 0.3 is 0 Å². The van der Waals surface area contributed by atoms with E-state index in [4.69, 9.17) is 0 Å². The van der Waals surface area contributed by atoms with Crippen molar-refractivity contribution < 1.29 is 13.5 Å². The molecule has 0 aromatic heterocycles. The highest BCUT2D eigenvalue weighted by Crippen LogP contribution is 2.43. The molecule has 0 fully saturated rings. The molecule has 6 heteroatoms. The molecule has 0 bridgehead atoms. The lowest BCUT2D eigenvalue weighted by Crippen LogP contribution is -2.26. The first kappa shape index (κ1) is 22.6. The molecule has 4 nitrogen and oxygen atoms in total. The van der Waals surface area contributed by atoms with Gasteiger partial charge in [0, 0.05) is 18.3 Å². The molecule has 0 saturated heterocycles. The summed E-state index contributed by atoms with van der Waals surface area (Å²) in [6.07, 6.45) is 2.95. The predicted molar refractivity (Wildman–Crippen MR) is 120 cm³/mol. The molecule has 1 heterocycles. The summed E-state index contributed by atoms with van der Waals surface area (Å²) >= 11 is 1.52. The standard InChI is InChI=1S/C21H27NO3S2.CH4/c1-3-5-9-16-14-22(17-10-7-6-8-11-17)18-12-20(26-4-2)19(23)13-21(18)27(24,25)15-16;/h6-8,10-13,16,23H,3-5,9,14-15H2,1-2H3;1H4. The number of anilines is 2. The Kier molecular flexibility index (Phi) is 7.84. The zero-order valence-corrected chi connectivity index (χ0v) is 17.5. The Labute approximate surface area is 173 Å². The highest BCUT2D eigenvalue weighted by molar-refractivity contribution is 7.99. The lowest BCUT2D eigenvalue weighted by atomic mass is 10.0. The fourth-order valence-corrected chi connectivity index (χ4v) is 6.16. The quantitative estimate of drug-likeness (QED) is 0.591. The first-order valence-corrected chi connectivity index (χ1v) is 12.1. The van der Waals surface area contributed by atoms with Gasteiger partial charge in [0.05, 0.1) is 21.2 Å². The van der Waals surface area contributed by atoms with E-state index in [9.17, 15) is 13.5 Å². The van der Waals surface area contributed by atoms with Gasteiger partial charge in [-0.15, -0.1) is 11.8 Å². The summed E-state index contributed by atoms with van der Waals surface area (Å²) in [5.41, 5.74) is 1.66. The van der Waals surface area contributed by atoms with Gasteiger partial charge in [-0.1, -0.05) is 52.3 Å². The molecule has 1 aliphatic heterocycles. The normalized spacial score (nSPS) is 18.1. The van der Waals surface area contributed by atoms with Crippen LogP contribution in [0.1, 0.15) is 40.5 Å². The van der Waals surface area contributed by atoms with Gasteiger partial charge in [0.1, 0.15) is 5.75 Å². The van der Waals surface area contributed by atoms with Crippen molar-refractivity contribution >= 4 is 33.0 Å². The number of para-hydroxylation sites is 1. The van der Waals surface area contributed by atoms with Gasteiger partial charge in [0.25, 0.3) is 0 Å². The van der Waals surface area contributed by atoms with E-state index in [0.717, 1.165) is 35.6 Å². The van der Waals surface area contributed by atoms with Crippen LogP contribution in [-0.4, -0.2) is 31.6 Å². The second kappa shape index (κ2) is 9.70. The number of nitrogens with zero attached hydrogens (tertiary/aromatic N) is 1. The first-order valence-electron chi connectivity index (χ1n) is 9.51. The highest BCUT2D eigenvalue weighted by atomic mass is 32.2. The van der Waals surface area contributed by atoms with Crippen LogP contribution >= 0.6 is 11.8 Å². The van der Waals surface area contributed by atoms with Crippen molar-refractivity contribution in [3.8, 4) is 5.75 Å². The number of benzene rings is 2. The van der Waals surface area contributed by atoms with Crippen molar-refractivity contribution in [2.24, 2.45) is 5.92 Å². The third-order valence-corrected chi connectivity index (χ3v) is 7.73. The number of thioether (sulfide) groups is 1. The number of aromatic hydroxyl groups is 1. The Bertz CT molecular complexity index is 882. The molecule has 1 atom stereocenters. The maximum Gasteiger partial charge on any atom is 0.180 e. The van der Waals surface area contributed by atoms with Gasteiger partial charge in [0.2, 0.25) is 0 Å². The van der Waals surface area contributed by atoms with Crippen molar-refractivity contribution in [2.45, 2.75) is 50.3 Å². The molecule has 1 N–H and O–H groups in total. The van der Waals surface area contributed by atoms with Crippen LogP contribution in [-0.2, 0) is 9.84 Å². The van der Waals surface area contributed by atoms with E-state index in [-0.39, 0.29) is 29.7 Å². The van der Waals surface area contributed by atoms with Crippen molar-refractivity contribution in [3.63, 3.8) is 0 Å². The van der Waals surface area contributed by atoms with Gasteiger partial charge in [-0.3, -0.25) is 0 Å². The minimum absolute atomic E-state index is 0. The second-order valence-corrected chi connectivity index (χ2v) is 10.3. The summed E-state index contributed by atoms with van der Waals surface area (Å²) in [6.45, 7) is 4.81. The van der Waals surface area contributed by atoms with Gasteiger partial charge in [-0.25, -0.2) is 8.42 Å². The molecule has 0 spiro atoms. The molecule has 0 amide bonds. The second-order valence-electron chi connectivity index (χ2n) is 6.96. The summed E-state index contributed by atoms with van der Waals surface area (Å²) in [7, 11) is -3.46. The summed E-state index contributed by atoms with van der Waals surface area (Å²) in [5.74, 6) is 1.04. The van der Waals surface area contributed by atoms with Gasteiger partial charge in [0.15, 0.2) is 9.84 Å². The average molecular weight is 422 g/mol. The molecule has 154 valence electrons. The summed E-state index contributed by atoms with van der Waals surface area (Å²) in [6, 6.07) is 13.2. The number of hydrogen-bond donors (Lipinski definition) is 1. The number of sulfone groups is 1. The summed E-state index contributed by atoms with van der Waals surface area (Å²) in [4.78, 5) is 3.07. The molecule has 0 radical (unpaired) electrons. The van der Waals surface area contributed by atoms with Crippen molar-refractivity contribution in [2.75, 3.05) is 23.0 Å². The van der Waals surface area contributed by atoms with Crippen LogP contribution in [0.15, 0.2) is 52.3 Å². The van der Waals surface area contributed by atoms with E-state index < -0.39 is 9.84 Å². The molecule has 1 aliphatic rings. The Morgan fingerprint density at radius 3 is 2.54 bits per heavy atom. The number of phenols is 1. The zero-order valence-electron chi connectivity index (χ0n) is 15.9. The molecular weight excluding hydrogens is 390 g/mol. The Morgan fingerprint density at radius 1 is 1.18 bits per heavy atom. The Hall–Kier alpha value is -1.66. The van der Waals surface area contributed by atoms with Crippen LogP contribution in [0.3, 0.4) is 0 Å². The molecule has 2 aromatic rings. The smallest absolute Gasteiger partial charge is 0.180 e. The first-order chi connectivity index (χ1) is 13.0. The predicted octanol–water partition coefficient (Wildman–Crippen LogP) is 5.87. The van der Waals surface area contributed by atoms with E-state index in [0.29, 0.717) is 12.2 Å². The SMILES string of the molecule is C.CCCCC1CN(c2ccccc2)c2cc(SCC)c(O)cc2S(=O)(=O)C1. The minimum Gasteiger partial charge on any atom is -0.507 e. The Morgan fingerprint density at radius 2 is 1.89 bits per heavy atom. The van der Waals surface area contributed by atoms with E-state index >= 15 is 0 Å². The van der Waals surface area contributed by atoms with E-state index in [1.165, 1.54) is 17.8 Å². The van der Waals surface area contributed by atoms with Gasteiger partial charge < -0.3 is 10.0 Å². The molecule has 2 aromatic carbocycles. The number of hydrogen-bond acceptors (Lipinski definition) is 5. The average Bonchev–Trinajstić information content (AvgIpc) is 2.76. The van der Waals surface area contributed by atoms with E-state index in [2.05, 4.69) is 11.8 Å². The van der Waals surface area contributed by atoms with Gasteiger partial charge in [-0.2, -0.15) is 0 Å². The minimum atomic E-state index is -3.46. The molecular formula is C22H31NO3S2. The van der Waals surface area contributed by atoms with Gasteiger partial charge in [-0.05, 0) is 36.3 Å². The van der Waals surface area contributed by atoms with Crippen molar-refractivity contribution in [3.05, 3.63) is 42.5 Å². The zero-order chi connectivity index (χ0) is 19.4. The van der Waals surface area contributed by atoms with E-state index in [1.54, 1.807) is 0 Å². The van der Waals surface area contributed by atoms with Crippen LogP contribution in [0.4, 0.5) is 11.4 Å². The third-order valence-electron chi connectivity index (χ3n) is 4.90. The third kappa shape index (κ3) is 4.84. The van der Waals surface area contributed by atoms with Crippen LogP contribution in [0.25, 0.3) is 0 Å². The fraction of sp³-hybridized carbons (Fsp3) is 0.455. The summed E-state index contributed by atoms with van der Waals surface area (Å²) in [5, 5.41) is 10.4. The number of rotatable bonds is 6. The molecule has 0 saturated carbocycles. The maximum absolute atomic E-state index is 13.1. The van der Waals surface area contributed by atoms with E-state index in [1.807, 2.05) is 43.3 Å². The molecule has 1 unspecified atom stereocenters. The monoisotopic (exact) mass is 421 g/mol. The lowest BCUT2D eigenvalue weighted by Gasteiger charge is -2.28. The van der Waals surface area contributed by atoms with Crippen LogP contribution in [0, 0.1) is 5.92 Å². The maximum atomic E-state index is 13.1. The lowest BCUT2D eigenvalue weighted by molar-refractivity contribution is 0.460. The fourth-order valence-electron chi connectivity index (χ4n) is 3.60. The molecule has 28 heavy (non-hydrogen) atoms. The van der Waals surface area contributed by atoms with Crippen LogP contribution in [0.5, 0.6) is 5.75 Å². The van der Waals surface area contributed by atoms with Crippen molar-refractivity contribution in [1.82, 2.24) is 0 Å². The van der Waals surface area contributed by atoms with Crippen molar-refractivity contribution in [1.29, 1.82) is 0 Å². The highest BCUT2D eigenvalue weighted by Gasteiger charge is 2.33. The molecule has 0 aliphatic carbocycles. The topological polar surface area (TPSA) is 57.6 Å². The number of fused-ring (bicyclic) bond motifs is 1.